The molecule has 0 heterocycles. The van der Waals surface area contributed by atoms with Crippen LogP contribution in [0.25, 0.3) is 0 Å². The van der Waals surface area contributed by atoms with Gasteiger partial charge >= 0.3 is 63.3 Å². The summed E-state index contributed by atoms with van der Waals surface area (Å²) in [6.07, 6.45) is 59.2. The molecule has 0 fully saturated rings. The van der Waals surface area contributed by atoms with Gasteiger partial charge in [0.15, 0.2) is 0 Å². The van der Waals surface area contributed by atoms with Crippen molar-refractivity contribution in [2.75, 3.05) is 13.2 Å². The fourth-order valence-electron chi connectivity index (χ4n) is 8.42. The van der Waals surface area contributed by atoms with Gasteiger partial charge in [-0.1, -0.05) is 237 Å². The quantitative estimate of drug-likeness (QED) is 0.0210. The van der Waals surface area contributed by atoms with E-state index in [1.165, 1.54) is 185 Å². The topological polar surface area (TPSA) is 110 Å². The van der Waals surface area contributed by atoms with Gasteiger partial charge in [0.1, 0.15) is 10.1 Å². The van der Waals surface area contributed by atoms with E-state index in [4.69, 9.17) is 9.47 Å². The minimum atomic E-state index is -5.03. The fourth-order valence-corrected chi connectivity index (χ4v) is 9.11. The SMILES string of the molecule is CCCCCCCCCCCCCCC/C=C/CCCCCCCOC(=O)c1cccc(S(=O)(=O)[O-])c1C(=O)OCCCCCCC/C=C/CCCCCCCCCCCCCCC.[K+]. The Hall–Kier alpha value is -0.814. The van der Waals surface area contributed by atoms with E-state index >= 15 is 0 Å². The molecule has 0 saturated heterocycles. The first kappa shape index (κ1) is 64.2. The number of ether oxygens (including phenoxy) is 2. The number of unbranched alkanes of at least 4 members (excludes halogenated alkanes) is 36. The minimum absolute atomic E-state index is 0. The molecule has 9 heteroatoms. The number of hydrogen-bond donors (Lipinski definition) is 0. The number of allylic oxidation sites excluding steroid dienone is 4. The second-order valence-corrected chi connectivity index (χ2v) is 19.9. The van der Waals surface area contributed by atoms with Crippen molar-refractivity contribution in [3.63, 3.8) is 0 Å². The first-order chi connectivity index (χ1) is 31.3. The molecule has 65 heavy (non-hydrogen) atoms. The van der Waals surface area contributed by atoms with E-state index in [9.17, 15) is 22.6 Å². The van der Waals surface area contributed by atoms with E-state index in [2.05, 4.69) is 38.2 Å². The standard InChI is InChI=1S/C56H98O7S.K/c1-3-5-7-9-11-13-15-17-19-21-23-25-27-29-31-33-35-37-39-41-43-45-50-62-55(57)52-48-47-49-53(64(59,60)61)54(52)56(58)63-51-46-44-42-40-38-36-34-32-30-28-26-24-22-20-18-16-14-12-10-8-6-4-2;/h31-34,47-49H,3-30,35-46,50-51H2,1-2H3,(H,59,60,61);/q;+1/p-1/b33-31+,34-32+;. The summed E-state index contributed by atoms with van der Waals surface area (Å²) in [5.41, 5.74) is -0.787. The van der Waals surface area contributed by atoms with Gasteiger partial charge in [0, 0.05) is 0 Å². The van der Waals surface area contributed by atoms with Crippen LogP contribution < -0.4 is 51.4 Å². The number of rotatable bonds is 47. The Morgan fingerprint density at radius 1 is 0.431 bits per heavy atom. The summed E-state index contributed by atoms with van der Waals surface area (Å²) in [6.45, 7) is 4.78. The molecule has 0 aliphatic heterocycles. The monoisotopic (exact) mass is 953 g/mol. The van der Waals surface area contributed by atoms with Crippen LogP contribution in [-0.2, 0) is 19.6 Å². The molecule has 0 bridgehead atoms. The van der Waals surface area contributed by atoms with Crippen molar-refractivity contribution in [2.24, 2.45) is 0 Å². The van der Waals surface area contributed by atoms with Gasteiger partial charge in [-0.2, -0.15) is 0 Å². The van der Waals surface area contributed by atoms with Crippen molar-refractivity contribution in [3.05, 3.63) is 53.6 Å². The zero-order chi connectivity index (χ0) is 46.4. The van der Waals surface area contributed by atoms with Crippen LogP contribution >= 0.6 is 0 Å². The number of carbonyl (C=O) groups is 2. The zero-order valence-electron chi connectivity index (χ0n) is 42.5. The Balaban J connectivity index is 0.0000410. The van der Waals surface area contributed by atoms with E-state index < -0.39 is 32.5 Å². The Bertz CT molecular complexity index is 1410. The molecule has 0 spiro atoms. The summed E-state index contributed by atoms with van der Waals surface area (Å²) >= 11 is 0. The maximum atomic E-state index is 13.1. The molecule has 0 aliphatic carbocycles. The minimum Gasteiger partial charge on any atom is -0.744 e. The molecule has 0 aromatic heterocycles. The van der Waals surface area contributed by atoms with E-state index in [1.807, 2.05) is 0 Å². The second-order valence-electron chi connectivity index (χ2n) is 18.5. The number of esters is 2. The molecule has 1 aromatic carbocycles. The summed E-state index contributed by atoms with van der Waals surface area (Å²) in [5.74, 6) is -1.82. The molecule has 0 aliphatic rings. The molecule has 0 atom stereocenters. The number of benzene rings is 1. The summed E-state index contributed by atoms with van der Waals surface area (Å²) < 4.78 is 47.0. The van der Waals surface area contributed by atoms with Crippen LogP contribution in [0.4, 0.5) is 0 Å². The molecule has 0 radical (unpaired) electrons. The van der Waals surface area contributed by atoms with Gasteiger partial charge < -0.3 is 14.0 Å². The Kier molecular flexibility index (Phi) is 47.6. The van der Waals surface area contributed by atoms with Gasteiger partial charge in [-0.25, -0.2) is 18.0 Å². The Morgan fingerprint density at radius 2 is 0.708 bits per heavy atom. The first-order valence-corrected chi connectivity index (χ1v) is 28.5. The summed E-state index contributed by atoms with van der Waals surface area (Å²) in [6, 6.07) is 3.63. The molecule has 1 rings (SSSR count). The average molecular weight is 954 g/mol. The molecule has 0 saturated carbocycles. The van der Waals surface area contributed by atoms with Gasteiger partial charge in [0.25, 0.3) is 0 Å². The summed E-state index contributed by atoms with van der Waals surface area (Å²) in [5, 5.41) is 0. The van der Waals surface area contributed by atoms with Crippen molar-refractivity contribution < 1.29 is 83.4 Å². The van der Waals surface area contributed by atoms with E-state index in [0.29, 0.717) is 12.8 Å². The number of hydrogen-bond acceptors (Lipinski definition) is 7. The zero-order valence-corrected chi connectivity index (χ0v) is 46.4. The van der Waals surface area contributed by atoms with Crippen LogP contribution in [0, 0.1) is 0 Å². The third kappa shape index (κ3) is 39.7. The molecule has 0 amide bonds. The van der Waals surface area contributed by atoms with Gasteiger partial charge in [-0.05, 0) is 76.3 Å². The predicted octanol–water partition coefficient (Wildman–Crippen LogP) is 14.7. The third-order valence-electron chi connectivity index (χ3n) is 12.5. The number of carbonyl (C=O) groups excluding carboxylic acids is 2. The van der Waals surface area contributed by atoms with Crippen molar-refractivity contribution >= 4 is 22.1 Å². The van der Waals surface area contributed by atoms with Gasteiger partial charge in [0.2, 0.25) is 0 Å². The van der Waals surface area contributed by atoms with Crippen LogP contribution in [0.2, 0.25) is 0 Å². The Labute approximate surface area is 443 Å². The summed E-state index contributed by atoms with van der Waals surface area (Å²) in [4.78, 5) is 25.3. The smallest absolute Gasteiger partial charge is 0.744 e. The Morgan fingerprint density at radius 3 is 1.02 bits per heavy atom. The van der Waals surface area contributed by atoms with Crippen LogP contribution in [-0.4, -0.2) is 38.1 Å². The molecule has 0 unspecified atom stereocenters. The van der Waals surface area contributed by atoms with Crippen molar-refractivity contribution in [3.8, 4) is 0 Å². The maximum absolute atomic E-state index is 13.1. The fraction of sp³-hybridized carbons (Fsp3) is 0.786. The van der Waals surface area contributed by atoms with Crippen molar-refractivity contribution in [1.29, 1.82) is 0 Å². The van der Waals surface area contributed by atoms with Gasteiger partial charge in [0.05, 0.1) is 29.2 Å². The van der Waals surface area contributed by atoms with E-state index in [-0.39, 0.29) is 70.2 Å². The van der Waals surface area contributed by atoms with Crippen LogP contribution in [0.5, 0.6) is 0 Å². The van der Waals surface area contributed by atoms with Gasteiger partial charge in [-0.15, -0.1) is 0 Å². The van der Waals surface area contributed by atoms with Gasteiger partial charge in [-0.3, -0.25) is 0 Å². The third-order valence-corrected chi connectivity index (χ3v) is 13.4. The first-order valence-electron chi connectivity index (χ1n) is 27.1. The van der Waals surface area contributed by atoms with Crippen LogP contribution in [0.15, 0.2) is 47.4 Å². The predicted molar refractivity (Wildman–Crippen MR) is 269 cm³/mol. The second kappa shape index (κ2) is 48.2. The van der Waals surface area contributed by atoms with Crippen molar-refractivity contribution in [1.82, 2.24) is 0 Å². The largest absolute Gasteiger partial charge is 1.00 e. The van der Waals surface area contributed by atoms with E-state index in [1.54, 1.807) is 0 Å². The van der Waals surface area contributed by atoms with Crippen molar-refractivity contribution in [2.45, 2.75) is 276 Å². The summed E-state index contributed by atoms with van der Waals surface area (Å²) in [7, 11) is -5.03. The van der Waals surface area contributed by atoms with Crippen LogP contribution in [0.3, 0.4) is 0 Å². The molecular weight excluding hydrogens is 856 g/mol. The maximum Gasteiger partial charge on any atom is 1.00 e. The van der Waals surface area contributed by atoms with Crippen LogP contribution in [0.1, 0.15) is 291 Å². The molecule has 0 N–H and O–H groups in total. The molecular formula is C56H97KO7S. The molecule has 7 nitrogen and oxygen atoms in total. The van der Waals surface area contributed by atoms with E-state index in [0.717, 1.165) is 76.7 Å². The molecule has 370 valence electrons. The normalized spacial score (nSPS) is 11.7. The molecule has 1 aromatic rings. The average Bonchev–Trinajstić information content (AvgIpc) is 3.28.